The van der Waals surface area contributed by atoms with Crippen LogP contribution in [-0.4, -0.2) is 104 Å². The molecule has 4 amide bonds. The molecule has 16 nitrogen and oxygen atoms in total. The number of rotatable bonds is 8. The second-order valence-electron chi connectivity index (χ2n) is 15.7. The minimum Gasteiger partial charge on any atom is -0.488 e. The highest BCUT2D eigenvalue weighted by Gasteiger charge is 2.50. The molecule has 4 aliphatic heterocycles. The number of aromatic nitrogens is 4. The normalized spacial score (nSPS) is 23.8. The third-order valence-electron chi connectivity index (χ3n) is 12.5. The van der Waals surface area contributed by atoms with Crippen LogP contribution < -0.4 is 15.4 Å². The molecule has 0 bridgehead atoms. The van der Waals surface area contributed by atoms with Crippen LogP contribution in [-0.2, 0) is 30.4 Å². The smallest absolute Gasteiger partial charge is 0.407 e. The minimum absolute atomic E-state index is 0.00466. The molecule has 9 rings (SSSR count). The quantitative estimate of drug-likeness (QED) is 0.0584. The molecule has 2 aromatic heterocycles. The molecule has 4 aliphatic rings. The highest BCUT2D eigenvalue weighted by molar-refractivity contribution is 14.1. The van der Waals surface area contributed by atoms with Crippen LogP contribution in [0.4, 0.5) is 9.59 Å². The molecule has 312 valence electrons. The number of hydrogen-bond acceptors (Lipinski definition) is 10. The number of fused-ring (bicyclic) bond motifs is 7. The van der Waals surface area contributed by atoms with Gasteiger partial charge in [0, 0.05) is 24.0 Å². The van der Waals surface area contributed by atoms with Crippen molar-refractivity contribution in [1.82, 2.24) is 40.4 Å². The van der Waals surface area contributed by atoms with Gasteiger partial charge in [-0.05, 0) is 77.6 Å². The number of benzene rings is 3. The first-order valence-electron chi connectivity index (χ1n) is 19.9. The maximum Gasteiger partial charge on any atom is 0.407 e. The van der Waals surface area contributed by atoms with Gasteiger partial charge < -0.3 is 49.3 Å². The topological polar surface area (TPSA) is 193 Å². The number of carbonyl (C=O) groups excluding carboxylic acids is 4. The Bertz CT molecular complexity index is 2570. The summed E-state index contributed by atoms with van der Waals surface area (Å²) in [6.45, 7) is 6.59. The lowest BCUT2D eigenvalue weighted by Gasteiger charge is -2.42. The fourth-order valence-corrected chi connectivity index (χ4v) is 10.4. The van der Waals surface area contributed by atoms with Crippen LogP contribution in [0.3, 0.4) is 0 Å². The van der Waals surface area contributed by atoms with E-state index in [-0.39, 0.29) is 46.5 Å². The molecule has 3 aromatic carbocycles. The summed E-state index contributed by atoms with van der Waals surface area (Å²) in [6, 6.07) is 12.1. The number of aromatic amines is 2. The third kappa shape index (κ3) is 6.71. The first-order chi connectivity index (χ1) is 29.0. The fourth-order valence-electron chi connectivity index (χ4n) is 9.35. The maximum absolute atomic E-state index is 13.8. The summed E-state index contributed by atoms with van der Waals surface area (Å²) in [5.74, 6) is 1.46. The number of alkyl halides is 1. The molecule has 0 spiro atoms. The number of amides is 4. The summed E-state index contributed by atoms with van der Waals surface area (Å²) in [5.41, 5.74) is 7.37. The monoisotopic (exact) mass is 928 g/mol. The van der Waals surface area contributed by atoms with Gasteiger partial charge in [0.05, 0.1) is 65.9 Å². The Morgan fingerprint density at radius 2 is 1.75 bits per heavy atom. The van der Waals surface area contributed by atoms with Crippen LogP contribution in [0.5, 0.6) is 5.75 Å². The standard InChI is InChI=1S/C43H45IN8O8/c1-20-21(2)36(50-43(56)59-5)41(54)51-31(20)10-11-32(51)38-45-17-29(47-38)23-6-8-25-24(14-23)18-60-34-16-26-22(15-27(25)34)7-9-28-37(26)49-39(46-28)33-12-13-35(44)52(33)40(53)30(19-57-3)48-42(55)58-4/h6-9,14-17,21,30-33,35-36H,1,10-13,18-19H2,2-5H3,(H,45,47)(H,46,49)(H,48,55)(H,50,56)/t21?,30-,31+,32-,33-,35+,36-/m0/s1. The number of piperidine rings is 1. The zero-order valence-electron chi connectivity index (χ0n) is 33.5. The molecule has 7 atom stereocenters. The molecule has 17 heteroatoms. The van der Waals surface area contributed by atoms with Crippen molar-refractivity contribution in [2.24, 2.45) is 5.92 Å². The van der Waals surface area contributed by atoms with Crippen molar-refractivity contribution in [3.63, 3.8) is 0 Å². The number of ether oxygens (including phenoxy) is 4. The van der Waals surface area contributed by atoms with Gasteiger partial charge in [-0.1, -0.05) is 54.3 Å². The summed E-state index contributed by atoms with van der Waals surface area (Å²) < 4.78 is 21.1. The van der Waals surface area contributed by atoms with Crippen LogP contribution >= 0.6 is 22.6 Å². The second-order valence-corrected chi connectivity index (χ2v) is 17.2. The Balaban J connectivity index is 0.969. The first kappa shape index (κ1) is 39.8. The molecule has 60 heavy (non-hydrogen) atoms. The number of halogens is 1. The Morgan fingerprint density at radius 3 is 2.53 bits per heavy atom. The van der Waals surface area contributed by atoms with Crippen molar-refractivity contribution in [1.29, 1.82) is 0 Å². The molecule has 3 saturated heterocycles. The van der Waals surface area contributed by atoms with Gasteiger partial charge in [0.15, 0.2) is 0 Å². The molecule has 5 aromatic rings. The van der Waals surface area contributed by atoms with E-state index in [1.807, 2.05) is 24.0 Å². The van der Waals surface area contributed by atoms with Crippen LogP contribution in [0.1, 0.15) is 61.9 Å². The summed E-state index contributed by atoms with van der Waals surface area (Å²) in [7, 11) is 4.02. The lowest BCUT2D eigenvalue weighted by atomic mass is 9.83. The number of likely N-dealkylation sites (tertiary alicyclic amines) is 1. The van der Waals surface area contributed by atoms with Gasteiger partial charge in [0.25, 0.3) is 0 Å². The van der Waals surface area contributed by atoms with Crippen molar-refractivity contribution in [2.75, 3.05) is 27.9 Å². The summed E-state index contributed by atoms with van der Waals surface area (Å²) in [4.78, 5) is 72.2. The number of nitrogens with zero attached hydrogens (tertiary/aromatic N) is 4. The van der Waals surface area contributed by atoms with Crippen molar-refractivity contribution >= 4 is 68.4 Å². The van der Waals surface area contributed by atoms with E-state index in [9.17, 15) is 19.2 Å². The maximum atomic E-state index is 13.8. The van der Waals surface area contributed by atoms with Gasteiger partial charge >= 0.3 is 12.2 Å². The number of H-pyrrole nitrogens is 2. The highest BCUT2D eigenvalue weighted by atomic mass is 127. The molecule has 1 unspecified atom stereocenters. The van der Waals surface area contributed by atoms with Gasteiger partial charge in [-0.15, -0.1) is 0 Å². The number of carbonyl (C=O) groups is 4. The van der Waals surface area contributed by atoms with Crippen LogP contribution in [0.25, 0.3) is 44.2 Å². The lowest BCUT2D eigenvalue weighted by Crippen LogP contribution is -2.59. The summed E-state index contributed by atoms with van der Waals surface area (Å²) in [5, 5.41) is 7.24. The van der Waals surface area contributed by atoms with Crippen molar-refractivity contribution in [3.8, 4) is 28.1 Å². The number of alkyl carbamates (subject to hydrolysis) is 2. The molecule has 3 fully saturated rings. The summed E-state index contributed by atoms with van der Waals surface area (Å²) in [6.07, 6.45) is 3.41. The van der Waals surface area contributed by atoms with E-state index in [2.05, 4.69) is 80.1 Å². The van der Waals surface area contributed by atoms with Crippen molar-refractivity contribution in [2.45, 2.75) is 73.5 Å². The van der Waals surface area contributed by atoms with Gasteiger partial charge in [-0.3, -0.25) is 9.59 Å². The number of nitrogens with one attached hydrogen (secondary N) is 4. The average Bonchev–Trinajstić information content (AvgIpc) is 4.08. The molecule has 0 saturated carbocycles. The van der Waals surface area contributed by atoms with E-state index < -0.39 is 24.3 Å². The molecule has 6 heterocycles. The summed E-state index contributed by atoms with van der Waals surface area (Å²) >= 11 is 2.27. The Labute approximate surface area is 358 Å². The van der Waals surface area contributed by atoms with E-state index in [0.717, 1.165) is 80.3 Å². The van der Waals surface area contributed by atoms with Gasteiger partial charge in [-0.2, -0.15) is 0 Å². The predicted molar refractivity (Wildman–Crippen MR) is 229 cm³/mol. The van der Waals surface area contributed by atoms with Gasteiger partial charge in [-0.25, -0.2) is 19.6 Å². The molecular weight excluding hydrogens is 883 g/mol. The largest absolute Gasteiger partial charge is 0.488 e. The zero-order chi connectivity index (χ0) is 42.0. The van der Waals surface area contributed by atoms with Crippen LogP contribution in [0.2, 0.25) is 0 Å². The predicted octanol–water partition coefficient (Wildman–Crippen LogP) is 6.42. The average molecular weight is 929 g/mol. The first-order valence-corrected chi connectivity index (χ1v) is 21.2. The van der Waals surface area contributed by atoms with Gasteiger partial charge in [0.1, 0.15) is 36.1 Å². The molecular formula is C43H45IN8O8. The van der Waals surface area contributed by atoms with E-state index in [0.29, 0.717) is 24.7 Å². The third-order valence-corrected chi connectivity index (χ3v) is 13.7. The Morgan fingerprint density at radius 1 is 0.967 bits per heavy atom. The molecule has 4 N–H and O–H groups in total. The Kier molecular flexibility index (Phi) is 10.4. The number of hydrogen-bond donors (Lipinski definition) is 4. The molecule has 0 radical (unpaired) electrons. The fraction of sp³-hybridized carbons (Fsp3) is 0.395. The van der Waals surface area contributed by atoms with Crippen molar-refractivity contribution < 1.29 is 38.1 Å². The molecule has 0 aliphatic carbocycles. The number of methoxy groups -OCH3 is 3. The minimum atomic E-state index is -0.908. The van der Waals surface area contributed by atoms with Crippen LogP contribution in [0.15, 0.2) is 60.8 Å². The van der Waals surface area contributed by atoms with E-state index in [1.54, 1.807) is 11.1 Å². The highest BCUT2D eigenvalue weighted by Crippen LogP contribution is 2.46. The van der Waals surface area contributed by atoms with E-state index in [4.69, 9.17) is 28.9 Å². The van der Waals surface area contributed by atoms with Crippen LogP contribution in [0, 0.1) is 5.92 Å². The Hall–Kier alpha value is -5.69. The van der Waals surface area contributed by atoms with Crippen molar-refractivity contribution in [3.05, 3.63) is 78.0 Å². The SMILES string of the molecule is C=C1C(C)[C@H](NC(=O)OC)C(=O)N2[C@@H]1CC[C@H]2c1ncc(-c2ccc3c(c2)COc2cc4c(ccc5[nH]c([C@@H]6CC[C@H](I)N6C(=O)[C@H](COC)NC(=O)OC)nc54)cc2-3)[nH]1. The number of imidazole rings is 2. The van der Waals surface area contributed by atoms with Gasteiger partial charge in [0.2, 0.25) is 11.8 Å². The lowest BCUT2D eigenvalue weighted by molar-refractivity contribution is -0.139. The zero-order valence-corrected chi connectivity index (χ0v) is 35.7. The second kappa shape index (κ2) is 15.7. The van der Waals surface area contributed by atoms with E-state index in [1.165, 1.54) is 21.3 Å². The van der Waals surface area contributed by atoms with E-state index >= 15 is 0 Å².